The molecule has 110 valence electrons. The van der Waals surface area contributed by atoms with Crippen LogP contribution in [0.25, 0.3) is 0 Å². The molecule has 0 atom stereocenters. The van der Waals surface area contributed by atoms with E-state index in [-0.39, 0.29) is 0 Å². The first-order chi connectivity index (χ1) is 10.7. The summed E-state index contributed by atoms with van der Waals surface area (Å²) < 4.78 is 1.54. The SMILES string of the molecule is Brc1cccc(Nc2cccc(Nc3cccc(Br)n3)n2)n1. The monoisotopic (exact) mass is 419 g/mol. The molecule has 0 aliphatic heterocycles. The van der Waals surface area contributed by atoms with Crippen LogP contribution in [0.15, 0.2) is 63.8 Å². The molecule has 0 aliphatic rings. The minimum Gasteiger partial charge on any atom is -0.325 e. The molecule has 3 aromatic rings. The Balaban J connectivity index is 1.78. The fourth-order valence-electron chi connectivity index (χ4n) is 1.79. The van der Waals surface area contributed by atoms with E-state index in [2.05, 4.69) is 57.4 Å². The van der Waals surface area contributed by atoms with Gasteiger partial charge in [-0.3, -0.25) is 0 Å². The van der Waals surface area contributed by atoms with Gasteiger partial charge in [-0.15, -0.1) is 0 Å². The van der Waals surface area contributed by atoms with Crippen molar-refractivity contribution in [3.05, 3.63) is 63.8 Å². The highest BCUT2D eigenvalue weighted by molar-refractivity contribution is 9.10. The molecule has 0 aromatic carbocycles. The molecular weight excluding hydrogens is 410 g/mol. The Morgan fingerprint density at radius 3 is 1.32 bits per heavy atom. The van der Waals surface area contributed by atoms with E-state index in [1.54, 1.807) is 0 Å². The number of anilines is 4. The maximum atomic E-state index is 4.49. The summed E-state index contributed by atoms with van der Waals surface area (Å²) >= 11 is 6.69. The molecule has 0 bridgehead atoms. The highest BCUT2D eigenvalue weighted by Crippen LogP contribution is 2.19. The first-order valence-electron chi connectivity index (χ1n) is 6.45. The van der Waals surface area contributed by atoms with Crippen LogP contribution in [0.5, 0.6) is 0 Å². The maximum Gasteiger partial charge on any atom is 0.133 e. The molecule has 3 heterocycles. The molecule has 3 aromatic heterocycles. The van der Waals surface area contributed by atoms with Crippen molar-refractivity contribution in [1.29, 1.82) is 0 Å². The molecule has 0 radical (unpaired) electrons. The molecule has 5 nitrogen and oxygen atoms in total. The fourth-order valence-corrected chi connectivity index (χ4v) is 2.48. The Morgan fingerprint density at radius 2 is 0.909 bits per heavy atom. The van der Waals surface area contributed by atoms with E-state index in [9.17, 15) is 0 Å². The van der Waals surface area contributed by atoms with E-state index in [1.165, 1.54) is 0 Å². The van der Waals surface area contributed by atoms with Crippen LogP contribution >= 0.6 is 31.9 Å². The zero-order valence-electron chi connectivity index (χ0n) is 11.3. The van der Waals surface area contributed by atoms with Crippen LogP contribution in [0.2, 0.25) is 0 Å². The summed E-state index contributed by atoms with van der Waals surface area (Å²) in [5.41, 5.74) is 0. The van der Waals surface area contributed by atoms with Crippen molar-refractivity contribution in [1.82, 2.24) is 15.0 Å². The summed E-state index contributed by atoms with van der Waals surface area (Å²) in [4.78, 5) is 13.1. The smallest absolute Gasteiger partial charge is 0.133 e. The second kappa shape index (κ2) is 6.85. The van der Waals surface area contributed by atoms with Crippen LogP contribution in [0, 0.1) is 0 Å². The third kappa shape index (κ3) is 4.02. The van der Waals surface area contributed by atoms with Gasteiger partial charge in [0, 0.05) is 0 Å². The quantitative estimate of drug-likeness (QED) is 0.588. The van der Waals surface area contributed by atoms with Gasteiger partial charge in [-0.05, 0) is 68.3 Å². The number of hydrogen-bond acceptors (Lipinski definition) is 5. The number of rotatable bonds is 4. The van der Waals surface area contributed by atoms with Crippen molar-refractivity contribution in [3.8, 4) is 0 Å². The average molecular weight is 421 g/mol. The zero-order valence-corrected chi connectivity index (χ0v) is 14.5. The van der Waals surface area contributed by atoms with Gasteiger partial charge in [-0.2, -0.15) is 0 Å². The summed E-state index contributed by atoms with van der Waals surface area (Å²) in [6, 6.07) is 17.0. The van der Waals surface area contributed by atoms with E-state index in [0.717, 1.165) is 20.8 Å². The lowest BCUT2D eigenvalue weighted by molar-refractivity contribution is 1.21. The Morgan fingerprint density at radius 1 is 0.545 bits per heavy atom. The first-order valence-corrected chi connectivity index (χ1v) is 8.04. The van der Waals surface area contributed by atoms with E-state index in [0.29, 0.717) is 11.6 Å². The highest BCUT2D eigenvalue weighted by atomic mass is 79.9. The lowest BCUT2D eigenvalue weighted by Crippen LogP contribution is -2.00. The van der Waals surface area contributed by atoms with Gasteiger partial charge in [-0.25, -0.2) is 15.0 Å². The Bertz CT molecular complexity index is 731. The van der Waals surface area contributed by atoms with Crippen molar-refractivity contribution >= 4 is 55.1 Å². The van der Waals surface area contributed by atoms with E-state index in [1.807, 2.05) is 54.6 Å². The lowest BCUT2D eigenvalue weighted by atomic mass is 10.4. The van der Waals surface area contributed by atoms with Crippen molar-refractivity contribution in [2.24, 2.45) is 0 Å². The minimum absolute atomic E-state index is 0.700. The predicted molar refractivity (Wildman–Crippen MR) is 94.7 cm³/mol. The molecule has 2 N–H and O–H groups in total. The molecule has 3 rings (SSSR count). The number of nitrogens with one attached hydrogen (secondary N) is 2. The van der Waals surface area contributed by atoms with Gasteiger partial charge >= 0.3 is 0 Å². The van der Waals surface area contributed by atoms with Gasteiger partial charge in [-0.1, -0.05) is 18.2 Å². The van der Waals surface area contributed by atoms with Crippen LogP contribution in [0.4, 0.5) is 23.3 Å². The van der Waals surface area contributed by atoms with Crippen LogP contribution in [0.1, 0.15) is 0 Å². The Kier molecular flexibility index (Phi) is 4.65. The van der Waals surface area contributed by atoms with Gasteiger partial charge in [0.05, 0.1) is 0 Å². The molecular formula is C15H11Br2N5. The molecule has 0 amide bonds. The number of halogens is 2. The standard InChI is InChI=1S/C15H11Br2N5/c16-10-4-1-6-12(18-10)20-14-8-3-9-15(22-14)21-13-7-2-5-11(17)19-13/h1-9H,(H2,18,19,20,21,22). The summed E-state index contributed by atoms with van der Waals surface area (Å²) in [5.74, 6) is 2.84. The molecule has 0 aliphatic carbocycles. The molecule has 22 heavy (non-hydrogen) atoms. The molecule has 0 fully saturated rings. The number of aromatic nitrogens is 3. The fraction of sp³-hybridized carbons (Fsp3) is 0. The summed E-state index contributed by atoms with van der Waals surface area (Å²) in [6.45, 7) is 0. The molecule has 0 saturated carbocycles. The number of nitrogens with zero attached hydrogens (tertiary/aromatic N) is 3. The van der Waals surface area contributed by atoms with Crippen LogP contribution in [-0.4, -0.2) is 15.0 Å². The normalized spacial score (nSPS) is 10.3. The van der Waals surface area contributed by atoms with E-state index in [4.69, 9.17) is 0 Å². The number of pyridine rings is 3. The van der Waals surface area contributed by atoms with Crippen LogP contribution in [0.3, 0.4) is 0 Å². The van der Waals surface area contributed by atoms with E-state index < -0.39 is 0 Å². The third-order valence-electron chi connectivity index (χ3n) is 2.69. The van der Waals surface area contributed by atoms with Gasteiger partial charge in [0.2, 0.25) is 0 Å². The van der Waals surface area contributed by atoms with Crippen LogP contribution < -0.4 is 10.6 Å². The molecule has 7 heteroatoms. The van der Waals surface area contributed by atoms with Crippen LogP contribution in [-0.2, 0) is 0 Å². The topological polar surface area (TPSA) is 62.7 Å². The van der Waals surface area contributed by atoms with Crippen molar-refractivity contribution in [2.75, 3.05) is 10.6 Å². The average Bonchev–Trinajstić information content (AvgIpc) is 2.47. The Labute approximate surface area is 144 Å². The first kappa shape index (κ1) is 14.9. The zero-order chi connectivity index (χ0) is 15.4. The summed E-state index contributed by atoms with van der Waals surface area (Å²) in [7, 11) is 0. The van der Waals surface area contributed by atoms with Gasteiger partial charge < -0.3 is 10.6 Å². The minimum atomic E-state index is 0.700. The third-order valence-corrected chi connectivity index (χ3v) is 3.57. The molecule has 0 saturated heterocycles. The largest absolute Gasteiger partial charge is 0.325 e. The highest BCUT2D eigenvalue weighted by Gasteiger charge is 2.02. The number of hydrogen-bond donors (Lipinski definition) is 2. The van der Waals surface area contributed by atoms with Gasteiger partial charge in [0.15, 0.2) is 0 Å². The predicted octanol–water partition coefficient (Wildman–Crippen LogP) is 4.88. The second-order valence-corrected chi connectivity index (χ2v) is 5.97. The lowest BCUT2D eigenvalue weighted by Gasteiger charge is -2.08. The van der Waals surface area contributed by atoms with Crippen molar-refractivity contribution in [2.45, 2.75) is 0 Å². The van der Waals surface area contributed by atoms with E-state index >= 15 is 0 Å². The van der Waals surface area contributed by atoms with Gasteiger partial charge in [0.1, 0.15) is 32.5 Å². The summed E-state index contributed by atoms with van der Waals surface area (Å²) in [5, 5.41) is 6.32. The van der Waals surface area contributed by atoms with Gasteiger partial charge in [0.25, 0.3) is 0 Å². The molecule has 0 spiro atoms. The van der Waals surface area contributed by atoms with Crippen molar-refractivity contribution in [3.63, 3.8) is 0 Å². The second-order valence-electron chi connectivity index (χ2n) is 4.35. The summed E-state index contributed by atoms with van der Waals surface area (Å²) in [6.07, 6.45) is 0. The molecule has 0 unspecified atom stereocenters. The van der Waals surface area contributed by atoms with Crippen molar-refractivity contribution < 1.29 is 0 Å². The Hall–Kier alpha value is -1.99. The maximum absolute atomic E-state index is 4.49.